The number of carbonyl (C=O) groups is 1. The number of fused-ring (bicyclic) bond motifs is 2. The van der Waals surface area contributed by atoms with E-state index in [1.165, 1.54) is 15.6 Å². The summed E-state index contributed by atoms with van der Waals surface area (Å²) in [6, 6.07) is 4.65. The van der Waals surface area contributed by atoms with Gasteiger partial charge in [0.2, 0.25) is 10.0 Å². The van der Waals surface area contributed by atoms with E-state index in [0.717, 1.165) is 34.6 Å². The molecular weight excluding hydrogens is 556 g/mol. The van der Waals surface area contributed by atoms with Gasteiger partial charge in [0.1, 0.15) is 6.10 Å². The quantitative estimate of drug-likeness (QED) is 0.358. The minimum absolute atomic E-state index is 0.0255. The van der Waals surface area contributed by atoms with Crippen LogP contribution in [0.15, 0.2) is 23.1 Å². The smallest absolute Gasteiger partial charge is 0.407 e. The number of benzene rings is 1. The largest absolute Gasteiger partial charge is 0.443 e. The number of aromatic nitrogens is 1. The average molecular weight is 595 g/mol. The molecular formula is C27H38N4O7S2. The van der Waals surface area contributed by atoms with Crippen molar-refractivity contribution in [3.8, 4) is 0 Å². The van der Waals surface area contributed by atoms with Crippen molar-refractivity contribution in [2.24, 2.45) is 17.8 Å². The Morgan fingerprint density at radius 1 is 1.25 bits per heavy atom. The van der Waals surface area contributed by atoms with Crippen molar-refractivity contribution < 1.29 is 32.5 Å². The summed E-state index contributed by atoms with van der Waals surface area (Å²) in [4.78, 5) is 17.4. The number of thiazole rings is 1. The van der Waals surface area contributed by atoms with Crippen molar-refractivity contribution in [1.29, 1.82) is 0 Å². The first-order valence-corrected chi connectivity index (χ1v) is 16.4. The summed E-state index contributed by atoms with van der Waals surface area (Å²) in [5.74, 6) is 0.725. The van der Waals surface area contributed by atoms with Gasteiger partial charge in [0.05, 0.1) is 40.0 Å². The molecule has 3 N–H and O–H groups in total. The van der Waals surface area contributed by atoms with E-state index in [1.807, 2.05) is 13.8 Å². The summed E-state index contributed by atoms with van der Waals surface area (Å²) >= 11 is 1.44. The van der Waals surface area contributed by atoms with Gasteiger partial charge in [0.15, 0.2) is 11.4 Å². The van der Waals surface area contributed by atoms with E-state index in [4.69, 9.17) is 14.2 Å². The van der Waals surface area contributed by atoms with Crippen LogP contribution in [-0.4, -0.2) is 85.3 Å². The van der Waals surface area contributed by atoms with Crippen LogP contribution >= 0.6 is 11.3 Å². The number of amides is 1. The third kappa shape index (κ3) is 5.82. The predicted octanol–water partition coefficient (Wildman–Crippen LogP) is 3.14. The standard InChI is InChI=1S/C27H38N4O7S2/c1-14(2)11-31(40(34,35)18-6-7-20-24(9-18)39-26(30-20)29-17-4-5-17)12-21(32)15(3)28-27(33)38-22-8-16-13-36-25-19(16)10-23(22)37-25/h6-7,9,14-17,19,21-23,25,32H,4-5,8,10-13H2,1-3H3,(H,28,33)(H,29,30)/t15-,16+,19+,21+,22?,23?,25+/m0/s1. The fraction of sp³-hybridized carbons (Fsp3) is 0.704. The third-order valence-electron chi connectivity index (χ3n) is 8.24. The van der Waals surface area contributed by atoms with Crippen LogP contribution < -0.4 is 10.6 Å². The highest BCUT2D eigenvalue weighted by atomic mass is 32.2. The molecule has 13 heteroatoms. The second-order valence-corrected chi connectivity index (χ2v) is 15.0. The van der Waals surface area contributed by atoms with E-state index < -0.39 is 28.3 Å². The highest BCUT2D eigenvalue weighted by molar-refractivity contribution is 7.89. The molecule has 2 unspecified atom stereocenters. The zero-order valence-corrected chi connectivity index (χ0v) is 24.6. The number of sulfonamides is 1. The molecule has 2 aliphatic carbocycles. The van der Waals surface area contributed by atoms with Crippen molar-refractivity contribution in [3.05, 3.63) is 18.2 Å². The van der Waals surface area contributed by atoms with Crippen molar-refractivity contribution >= 4 is 42.8 Å². The first-order valence-electron chi connectivity index (χ1n) is 14.2. The highest BCUT2D eigenvalue weighted by Crippen LogP contribution is 2.47. The summed E-state index contributed by atoms with van der Waals surface area (Å²) in [6.45, 7) is 6.16. The van der Waals surface area contributed by atoms with Gasteiger partial charge >= 0.3 is 6.09 Å². The average Bonchev–Trinajstić information content (AvgIpc) is 3.30. The van der Waals surface area contributed by atoms with Crippen LogP contribution in [0, 0.1) is 17.8 Å². The lowest BCUT2D eigenvalue weighted by Gasteiger charge is -2.32. The first-order chi connectivity index (χ1) is 19.1. The number of alkyl carbamates (subject to hydrolysis) is 1. The molecule has 2 aromatic rings. The van der Waals surface area contributed by atoms with Gasteiger partial charge in [-0.25, -0.2) is 18.2 Å². The Morgan fingerprint density at radius 2 is 2.05 bits per heavy atom. The van der Waals surface area contributed by atoms with E-state index in [9.17, 15) is 18.3 Å². The van der Waals surface area contributed by atoms with Gasteiger partial charge in [0, 0.05) is 25.0 Å². The summed E-state index contributed by atoms with van der Waals surface area (Å²) in [6.07, 6.45) is 1.23. The zero-order valence-electron chi connectivity index (χ0n) is 23.0. The predicted molar refractivity (Wildman–Crippen MR) is 150 cm³/mol. The normalized spacial score (nSPS) is 29.2. The fourth-order valence-corrected chi connectivity index (χ4v) is 8.57. The Hall–Kier alpha value is -2.03. The first kappa shape index (κ1) is 28.1. The second kappa shape index (κ2) is 11.0. The van der Waals surface area contributed by atoms with Gasteiger partial charge < -0.3 is 30.0 Å². The van der Waals surface area contributed by atoms with Crippen LogP contribution in [0.4, 0.5) is 9.93 Å². The topological polar surface area (TPSA) is 139 Å². The monoisotopic (exact) mass is 594 g/mol. The van der Waals surface area contributed by atoms with Crippen LogP contribution in [-0.2, 0) is 24.2 Å². The Bertz CT molecular complexity index is 1350. The maximum atomic E-state index is 13.7. The molecule has 6 rings (SSSR count). The number of hydrogen-bond donors (Lipinski definition) is 3. The molecule has 2 bridgehead atoms. The molecule has 1 aromatic heterocycles. The van der Waals surface area contributed by atoms with E-state index in [0.29, 0.717) is 30.9 Å². The van der Waals surface area contributed by atoms with Gasteiger partial charge in [-0.05, 0) is 62.6 Å². The lowest BCUT2D eigenvalue weighted by Crippen LogP contribution is -2.50. The van der Waals surface area contributed by atoms with Crippen LogP contribution in [0.2, 0.25) is 0 Å². The Kier molecular flexibility index (Phi) is 7.72. The number of hydrogen-bond acceptors (Lipinski definition) is 10. The van der Waals surface area contributed by atoms with Crippen LogP contribution in [0.25, 0.3) is 10.2 Å². The second-order valence-electron chi connectivity index (χ2n) is 12.0. The van der Waals surface area contributed by atoms with Crippen molar-refractivity contribution in [2.75, 3.05) is 25.0 Å². The van der Waals surface area contributed by atoms with Gasteiger partial charge in [-0.2, -0.15) is 4.31 Å². The van der Waals surface area contributed by atoms with E-state index in [1.54, 1.807) is 25.1 Å². The van der Waals surface area contributed by atoms with Crippen LogP contribution in [0.1, 0.15) is 46.5 Å². The molecule has 40 heavy (non-hydrogen) atoms. The van der Waals surface area contributed by atoms with E-state index >= 15 is 0 Å². The summed E-state index contributed by atoms with van der Waals surface area (Å²) in [7, 11) is -3.92. The molecule has 220 valence electrons. The molecule has 3 heterocycles. The fourth-order valence-electron chi connectivity index (χ4n) is 5.86. The third-order valence-corrected chi connectivity index (χ3v) is 11.0. The zero-order chi connectivity index (χ0) is 28.2. The number of ether oxygens (including phenoxy) is 3. The summed E-state index contributed by atoms with van der Waals surface area (Å²) in [5, 5.41) is 17.8. The molecule has 4 aliphatic rings. The van der Waals surface area contributed by atoms with E-state index in [-0.39, 0.29) is 42.4 Å². The van der Waals surface area contributed by atoms with Crippen molar-refractivity contribution in [2.45, 2.75) is 88.0 Å². The molecule has 7 atom stereocenters. The van der Waals surface area contributed by atoms with Crippen molar-refractivity contribution in [3.63, 3.8) is 0 Å². The van der Waals surface area contributed by atoms with Gasteiger partial charge in [-0.15, -0.1) is 0 Å². The summed E-state index contributed by atoms with van der Waals surface area (Å²) in [5.41, 5.74) is 0.746. The molecule has 1 aromatic carbocycles. The lowest BCUT2D eigenvalue weighted by atomic mass is 9.80. The number of nitrogens with one attached hydrogen (secondary N) is 2. The Balaban J connectivity index is 1.09. The maximum Gasteiger partial charge on any atom is 0.407 e. The molecule has 4 fully saturated rings. The SMILES string of the molecule is CC(C)CN(C[C@@H](O)[C@H](C)NC(=O)OC1C[C@@H]2CO[C@@H]3OC1C[C@H]23)S(=O)(=O)c1ccc2nc(NC3CC3)sc2c1. The van der Waals surface area contributed by atoms with E-state index in [2.05, 4.69) is 15.6 Å². The number of rotatable bonds is 11. The molecule has 0 spiro atoms. The maximum absolute atomic E-state index is 13.7. The number of aliphatic hydroxyl groups is 1. The van der Waals surface area contributed by atoms with Crippen LogP contribution in [0.3, 0.4) is 0 Å². The van der Waals surface area contributed by atoms with Gasteiger partial charge in [0.25, 0.3) is 0 Å². The molecule has 0 radical (unpaired) electrons. The van der Waals surface area contributed by atoms with Gasteiger partial charge in [-0.3, -0.25) is 0 Å². The Labute approximate surface area is 238 Å². The lowest BCUT2D eigenvalue weighted by molar-refractivity contribution is -0.147. The molecule has 1 amide bonds. The summed E-state index contributed by atoms with van der Waals surface area (Å²) < 4.78 is 46.8. The number of anilines is 1. The number of aliphatic hydroxyl groups excluding tert-OH is 1. The molecule has 11 nitrogen and oxygen atoms in total. The van der Waals surface area contributed by atoms with Crippen LogP contribution in [0.5, 0.6) is 0 Å². The number of carbonyl (C=O) groups excluding carboxylic acids is 1. The Morgan fingerprint density at radius 3 is 2.80 bits per heavy atom. The van der Waals surface area contributed by atoms with Crippen molar-refractivity contribution in [1.82, 2.24) is 14.6 Å². The molecule has 2 aliphatic heterocycles. The van der Waals surface area contributed by atoms with Gasteiger partial charge in [-0.1, -0.05) is 25.2 Å². The number of nitrogens with zero attached hydrogens (tertiary/aromatic N) is 2. The molecule has 2 saturated heterocycles. The minimum Gasteiger partial charge on any atom is -0.443 e. The molecule has 2 saturated carbocycles. The minimum atomic E-state index is -3.92. The highest BCUT2D eigenvalue weighted by Gasteiger charge is 2.54.